The molecule has 0 aromatic heterocycles. The number of piperidine rings is 1. The molecule has 1 atom stereocenters. The minimum atomic E-state index is -0.331. The molecule has 3 rings (SSSR count). The molecule has 0 saturated carbocycles. The van der Waals surface area contributed by atoms with Crippen molar-refractivity contribution in [3.05, 3.63) is 33.9 Å². The maximum atomic E-state index is 11.4. The van der Waals surface area contributed by atoms with Crippen LogP contribution in [0, 0.1) is 16.0 Å². The van der Waals surface area contributed by atoms with Gasteiger partial charge in [0, 0.05) is 38.8 Å². The number of nitro benzene ring substituents is 1. The average Bonchev–Trinajstić information content (AvgIpc) is 2.62. The normalized spacial score (nSPS) is 22.5. The lowest BCUT2D eigenvalue weighted by Crippen LogP contribution is -2.44. The summed E-state index contributed by atoms with van der Waals surface area (Å²) in [4.78, 5) is 15.6. The van der Waals surface area contributed by atoms with Crippen LogP contribution < -0.4 is 4.90 Å². The second-order valence-electron chi connectivity index (χ2n) is 6.61. The SMILES string of the molecule is O=[N+]([O-])c1ccc(CO)cc1N1CCCC(CN2CCOCC2)C1. The third-order valence-electron chi connectivity index (χ3n) is 4.90. The van der Waals surface area contributed by atoms with E-state index in [4.69, 9.17) is 4.74 Å². The van der Waals surface area contributed by atoms with Crippen molar-refractivity contribution in [1.29, 1.82) is 0 Å². The molecule has 2 saturated heterocycles. The molecule has 132 valence electrons. The molecule has 1 aromatic carbocycles. The van der Waals surface area contributed by atoms with Crippen LogP contribution in [-0.2, 0) is 11.3 Å². The van der Waals surface area contributed by atoms with Gasteiger partial charge in [-0.3, -0.25) is 15.0 Å². The van der Waals surface area contributed by atoms with Crippen LogP contribution in [0.2, 0.25) is 0 Å². The number of anilines is 1. The molecule has 0 bridgehead atoms. The molecule has 7 nitrogen and oxygen atoms in total. The Morgan fingerprint density at radius 2 is 2.08 bits per heavy atom. The van der Waals surface area contributed by atoms with Crippen molar-refractivity contribution in [3.63, 3.8) is 0 Å². The zero-order valence-electron chi connectivity index (χ0n) is 13.9. The Morgan fingerprint density at radius 1 is 1.29 bits per heavy atom. The molecule has 0 radical (unpaired) electrons. The maximum absolute atomic E-state index is 11.4. The lowest BCUT2D eigenvalue weighted by molar-refractivity contribution is -0.384. The fourth-order valence-corrected chi connectivity index (χ4v) is 3.66. The van der Waals surface area contributed by atoms with E-state index in [9.17, 15) is 15.2 Å². The number of nitrogens with zero attached hydrogens (tertiary/aromatic N) is 3. The van der Waals surface area contributed by atoms with Gasteiger partial charge in [0.05, 0.1) is 24.7 Å². The van der Waals surface area contributed by atoms with Crippen LogP contribution in [0.4, 0.5) is 11.4 Å². The monoisotopic (exact) mass is 335 g/mol. The summed E-state index contributed by atoms with van der Waals surface area (Å²) in [5.74, 6) is 0.509. The van der Waals surface area contributed by atoms with E-state index < -0.39 is 0 Å². The highest BCUT2D eigenvalue weighted by atomic mass is 16.6. The van der Waals surface area contributed by atoms with Crippen molar-refractivity contribution in [2.24, 2.45) is 5.92 Å². The predicted molar refractivity (Wildman–Crippen MR) is 91.2 cm³/mol. The molecule has 1 aromatic rings. The minimum Gasteiger partial charge on any atom is -0.392 e. The van der Waals surface area contributed by atoms with Crippen LogP contribution in [0.5, 0.6) is 0 Å². The number of morpholine rings is 1. The smallest absolute Gasteiger partial charge is 0.292 e. The van der Waals surface area contributed by atoms with Gasteiger partial charge in [0.15, 0.2) is 0 Å². The van der Waals surface area contributed by atoms with Gasteiger partial charge in [-0.15, -0.1) is 0 Å². The van der Waals surface area contributed by atoms with E-state index in [2.05, 4.69) is 9.80 Å². The molecule has 0 aliphatic carbocycles. The van der Waals surface area contributed by atoms with Crippen LogP contribution in [0.25, 0.3) is 0 Å². The molecule has 24 heavy (non-hydrogen) atoms. The molecule has 2 fully saturated rings. The van der Waals surface area contributed by atoms with Crippen LogP contribution >= 0.6 is 0 Å². The second-order valence-corrected chi connectivity index (χ2v) is 6.61. The maximum Gasteiger partial charge on any atom is 0.292 e. The summed E-state index contributed by atoms with van der Waals surface area (Å²) >= 11 is 0. The van der Waals surface area contributed by atoms with Gasteiger partial charge >= 0.3 is 0 Å². The number of rotatable bonds is 5. The fourth-order valence-electron chi connectivity index (χ4n) is 3.66. The molecule has 0 amide bonds. The van der Waals surface area contributed by atoms with E-state index in [-0.39, 0.29) is 17.2 Å². The Hall–Kier alpha value is -1.70. The summed E-state index contributed by atoms with van der Waals surface area (Å²) in [5, 5.41) is 20.7. The summed E-state index contributed by atoms with van der Waals surface area (Å²) in [6.07, 6.45) is 2.19. The quantitative estimate of drug-likeness (QED) is 0.651. The largest absolute Gasteiger partial charge is 0.392 e. The third kappa shape index (κ3) is 4.03. The van der Waals surface area contributed by atoms with Gasteiger partial charge < -0.3 is 14.7 Å². The van der Waals surface area contributed by atoms with Crippen molar-refractivity contribution >= 4 is 11.4 Å². The summed E-state index contributed by atoms with van der Waals surface area (Å²) in [7, 11) is 0. The standard InChI is InChI=1S/C17H25N3O4/c21-13-14-3-4-16(20(22)23)17(10-14)19-5-1-2-15(12-19)11-18-6-8-24-9-7-18/h3-4,10,15,21H,1-2,5-9,11-13H2. The lowest BCUT2D eigenvalue weighted by Gasteiger charge is -2.37. The van der Waals surface area contributed by atoms with Crippen LogP contribution in [-0.4, -0.2) is 60.9 Å². The first kappa shape index (κ1) is 17.1. The third-order valence-corrected chi connectivity index (χ3v) is 4.90. The number of aliphatic hydroxyl groups is 1. The fraction of sp³-hybridized carbons (Fsp3) is 0.647. The summed E-state index contributed by atoms with van der Waals surface area (Å²) < 4.78 is 5.40. The topological polar surface area (TPSA) is 79.1 Å². The molecule has 7 heteroatoms. The van der Waals surface area contributed by atoms with Gasteiger partial charge in [0.25, 0.3) is 5.69 Å². The van der Waals surface area contributed by atoms with Gasteiger partial charge in [-0.1, -0.05) is 0 Å². The van der Waals surface area contributed by atoms with E-state index >= 15 is 0 Å². The summed E-state index contributed by atoms with van der Waals surface area (Å²) in [6, 6.07) is 4.89. The van der Waals surface area contributed by atoms with Gasteiger partial charge in [0.2, 0.25) is 0 Å². The predicted octanol–water partition coefficient (Wildman–Crippen LogP) is 1.64. The first-order chi connectivity index (χ1) is 11.7. The molecular weight excluding hydrogens is 310 g/mol. The Morgan fingerprint density at radius 3 is 2.79 bits per heavy atom. The number of hydrogen-bond acceptors (Lipinski definition) is 6. The van der Waals surface area contributed by atoms with Crippen molar-refractivity contribution < 1.29 is 14.8 Å². The summed E-state index contributed by atoms with van der Waals surface area (Å²) in [6.45, 7) is 6.10. The van der Waals surface area contributed by atoms with Crippen LogP contribution in [0.1, 0.15) is 18.4 Å². The van der Waals surface area contributed by atoms with Gasteiger partial charge in [-0.25, -0.2) is 0 Å². The van der Waals surface area contributed by atoms with Crippen LogP contribution in [0.3, 0.4) is 0 Å². The number of hydrogen-bond donors (Lipinski definition) is 1. The zero-order valence-corrected chi connectivity index (χ0v) is 13.9. The Bertz CT molecular complexity index is 575. The first-order valence-corrected chi connectivity index (χ1v) is 8.60. The number of aliphatic hydroxyl groups excluding tert-OH is 1. The van der Waals surface area contributed by atoms with E-state index in [1.165, 1.54) is 6.07 Å². The van der Waals surface area contributed by atoms with Crippen molar-refractivity contribution in [2.45, 2.75) is 19.4 Å². The molecule has 2 heterocycles. The van der Waals surface area contributed by atoms with Crippen molar-refractivity contribution in [3.8, 4) is 0 Å². The molecule has 1 unspecified atom stereocenters. The van der Waals surface area contributed by atoms with Crippen molar-refractivity contribution in [1.82, 2.24) is 4.90 Å². The van der Waals surface area contributed by atoms with E-state index in [0.29, 0.717) is 17.2 Å². The van der Waals surface area contributed by atoms with E-state index in [1.807, 2.05) is 0 Å². The van der Waals surface area contributed by atoms with Crippen LogP contribution in [0.15, 0.2) is 18.2 Å². The number of benzene rings is 1. The highest BCUT2D eigenvalue weighted by Crippen LogP contribution is 2.32. The zero-order chi connectivity index (χ0) is 16.9. The molecule has 1 N–H and O–H groups in total. The Balaban J connectivity index is 1.72. The average molecular weight is 335 g/mol. The summed E-state index contributed by atoms with van der Waals surface area (Å²) in [5.41, 5.74) is 1.48. The number of ether oxygens (including phenoxy) is 1. The van der Waals surface area contributed by atoms with Gasteiger partial charge in [-0.2, -0.15) is 0 Å². The van der Waals surface area contributed by atoms with E-state index in [0.717, 1.165) is 58.8 Å². The molecule has 2 aliphatic rings. The van der Waals surface area contributed by atoms with Gasteiger partial charge in [0.1, 0.15) is 5.69 Å². The Labute approximate surface area is 142 Å². The molecular formula is C17H25N3O4. The lowest BCUT2D eigenvalue weighted by atomic mass is 9.96. The Kier molecular flexibility index (Phi) is 5.65. The first-order valence-electron chi connectivity index (χ1n) is 8.60. The second kappa shape index (κ2) is 7.92. The van der Waals surface area contributed by atoms with Gasteiger partial charge in [-0.05, 0) is 36.5 Å². The highest BCUT2D eigenvalue weighted by molar-refractivity contribution is 5.64. The highest BCUT2D eigenvalue weighted by Gasteiger charge is 2.27. The molecule has 0 spiro atoms. The van der Waals surface area contributed by atoms with E-state index in [1.54, 1.807) is 12.1 Å². The molecule has 2 aliphatic heterocycles. The minimum absolute atomic E-state index is 0.101. The van der Waals surface area contributed by atoms with Crippen molar-refractivity contribution in [2.75, 3.05) is 50.8 Å². The number of nitro groups is 1.